The fourth-order valence-corrected chi connectivity index (χ4v) is 3.10. The largest absolute Gasteiger partial charge is 0.491 e. The van der Waals surface area contributed by atoms with E-state index in [1.54, 1.807) is 14.1 Å². The highest BCUT2D eigenvalue weighted by Gasteiger charge is 2.27. The van der Waals surface area contributed by atoms with Gasteiger partial charge in [0.25, 0.3) is 5.91 Å². The number of aliphatic imine (C=N–C) groups is 1. The summed E-state index contributed by atoms with van der Waals surface area (Å²) in [5, 5.41) is 3.75. The van der Waals surface area contributed by atoms with E-state index in [1.165, 1.54) is 27.9 Å². The lowest BCUT2D eigenvalue weighted by molar-refractivity contribution is 0.0773. The Morgan fingerprint density at radius 3 is 2.86 bits per heavy atom. The lowest BCUT2D eigenvalue weighted by Gasteiger charge is -2.21. The lowest BCUT2D eigenvalue weighted by atomic mass is 10.1. The summed E-state index contributed by atoms with van der Waals surface area (Å²) in [6.45, 7) is 2.87. The molecule has 0 fully saturated rings. The first kappa shape index (κ1) is 20.8. The van der Waals surface area contributed by atoms with Crippen molar-refractivity contribution in [2.45, 2.75) is 6.10 Å². The number of rotatable bonds is 2. The third-order valence-corrected chi connectivity index (χ3v) is 4.76. The van der Waals surface area contributed by atoms with Crippen molar-refractivity contribution in [3.8, 4) is 5.75 Å². The third-order valence-electron chi connectivity index (χ3n) is 4.38. The monoisotopic (exact) mass is 424 g/mol. The minimum Gasteiger partial charge on any atom is -0.491 e. The quantitative estimate of drug-likeness (QED) is 0.738. The normalized spacial score (nSPS) is 19.3. The van der Waals surface area contributed by atoms with Gasteiger partial charge >= 0.3 is 0 Å². The van der Waals surface area contributed by atoms with Gasteiger partial charge in [-0.3, -0.25) is 9.48 Å². The molecule has 1 aromatic heterocycles. The van der Waals surface area contributed by atoms with Gasteiger partial charge in [0.15, 0.2) is 11.9 Å². The first-order chi connectivity index (χ1) is 13.9. The maximum atomic E-state index is 14.1. The Kier molecular flexibility index (Phi) is 6.17. The number of likely N-dealkylation sites (N-methyl/N-ethyl adjacent to an activating group) is 1. The molecule has 7 nitrogen and oxygen atoms in total. The van der Waals surface area contributed by atoms with Crippen LogP contribution in [0.1, 0.15) is 22.0 Å². The van der Waals surface area contributed by atoms with Gasteiger partial charge in [0, 0.05) is 14.1 Å². The summed E-state index contributed by atoms with van der Waals surface area (Å²) in [7, 11) is 3.20. The molecule has 0 saturated heterocycles. The molecule has 0 bridgehead atoms. The van der Waals surface area contributed by atoms with E-state index in [9.17, 15) is 13.6 Å². The van der Waals surface area contributed by atoms with Gasteiger partial charge in [-0.05, 0) is 18.2 Å². The number of amides is 1. The smallest absolute Gasteiger partial charge is 0.259 e. The summed E-state index contributed by atoms with van der Waals surface area (Å²) < 4.78 is 40.6. The molecule has 0 radical (unpaired) electrons. The van der Waals surface area contributed by atoms with Crippen molar-refractivity contribution < 1.29 is 23.0 Å². The van der Waals surface area contributed by atoms with E-state index in [4.69, 9.17) is 21.1 Å². The van der Waals surface area contributed by atoms with Gasteiger partial charge in [0.2, 0.25) is 5.90 Å². The number of halogens is 3. The number of benzene rings is 1. The van der Waals surface area contributed by atoms with Gasteiger partial charge in [0.05, 0.1) is 23.3 Å². The van der Waals surface area contributed by atoms with E-state index in [0.717, 1.165) is 6.07 Å². The summed E-state index contributed by atoms with van der Waals surface area (Å²) in [6.07, 6.45) is 1.34. The molecule has 2 aromatic rings. The molecule has 1 aliphatic rings. The van der Waals surface area contributed by atoms with E-state index in [0.29, 0.717) is 0 Å². The molecule has 1 aromatic carbocycles. The molecule has 0 aliphatic carbocycles. The van der Waals surface area contributed by atoms with Crippen molar-refractivity contribution in [3.63, 3.8) is 0 Å². The minimum atomic E-state index is -1.30. The second-order valence-corrected chi connectivity index (χ2v) is 6.65. The van der Waals surface area contributed by atoms with Gasteiger partial charge in [-0.1, -0.05) is 18.2 Å². The highest BCUT2D eigenvalue weighted by molar-refractivity contribution is 6.31. The van der Waals surface area contributed by atoms with Crippen LogP contribution in [0.3, 0.4) is 0 Å². The molecule has 2 heterocycles. The second kappa shape index (κ2) is 8.60. The minimum absolute atomic E-state index is 0.0159. The van der Waals surface area contributed by atoms with Crippen LogP contribution in [-0.4, -0.2) is 53.4 Å². The topological polar surface area (TPSA) is 69.0 Å². The number of fused-ring (bicyclic) bond motifs is 2. The molecule has 0 N–H and O–H groups in total. The maximum Gasteiger partial charge on any atom is 0.259 e. The first-order valence-corrected chi connectivity index (χ1v) is 9.07. The van der Waals surface area contributed by atoms with Crippen LogP contribution in [0, 0.1) is 5.82 Å². The molecule has 0 spiro atoms. The van der Waals surface area contributed by atoms with Crippen molar-refractivity contribution in [1.82, 2.24) is 14.7 Å². The Hall–Kier alpha value is -2.94. The van der Waals surface area contributed by atoms with Gasteiger partial charge in [0.1, 0.15) is 30.4 Å². The molecule has 1 aliphatic heterocycles. The number of carbonyl (C=O) groups excluding carboxylic acids is 1. The molecule has 1 amide bonds. The number of hydrogen-bond acceptors (Lipinski definition) is 5. The maximum absolute atomic E-state index is 14.1. The van der Waals surface area contributed by atoms with Crippen LogP contribution >= 0.6 is 11.6 Å². The zero-order valence-corrected chi connectivity index (χ0v) is 16.6. The average molecular weight is 425 g/mol. The summed E-state index contributed by atoms with van der Waals surface area (Å²) >= 11 is 6.10. The molecule has 154 valence electrons. The van der Waals surface area contributed by atoms with E-state index in [2.05, 4.69) is 16.7 Å². The predicted octanol–water partition coefficient (Wildman–Crippen LogP) is 3.62. The Morgan fingerprint density at radius 2 is 2.17 bits per heavy atom. The highest BCUT2D eigenvalue weighted by Crippen LogP contribution is 2.37. The Bertz CT molecular complexity index is 977. The van der Waals surface area contributed by atoms with Crippen LogP contribution in [-0.2, 0) is 11.8 Å². The van der Waals surface area contributed by atoms with Crippen molar-refractivity contribution in [1.29, 1.82) is 0 Å². The van der Waals surface area contributed by atoms with Gasteiger partial charge in [-0.25, -0.2) is 8.78 Å². The van der Waals surface area contributed by atoms with Crippen LogP contribution < -0.4 is 4.74 Å². The Morgan fingerprint density at radius 1 is 1.41 bits per heavy atom. The van der Waals surface area contributed by atoms with Crippen molar-refractivity contribution in [2.75, 3.05) is 26.9 Å². The van der Waals surface area contributed by atoms with Crippen LogP contribution in [0.25, 0.3) is 0 Å². The van der Waals surface area contributed by atoms with Crippen LogP contribution in [0.4, 0.5) is 14.6 Å². The number of aromatic nitrogens is 2. The molecule has 10 heteroatoms. The summed E-state index contributed by atoms with van der Waals surface area (Å²) in [4.78, 5) is 18.5. The van der Waals surface area contributed by atoms with Crippen molar-refractivity contribution in [3.05, 3.63) is 53.0 Å². The predicted molar refractivity (Wildman–Crippen MR) is 104 cm³/mol. The lowest BCUT2D eigenvalue weighted by Crippen LogP contribution is -2.30. The van der Waals surface area contributed by atoms with Crippen LogP contribution in [0.5, 0.6) is 5.75 Å². The number of ether oxygens (including phenoxy) is 2. The summed E-state index contributed by atoms with van der Waals surface area (Å²) in [5.74, 6) is -0.790. The van der Waals surface area contributed by atoms with E-state index in [1.807, 2.05) is 0 Å². The fourth-order valence-electron chi connectivity index (χ4n) is 2.83. The van der Waals surface area contributed by atoms with Crippen molar-refractivity contribution in [2.24, 2.45) is 12.0 Å². The van der Waals surface area contributed by atoms with Gasteiger partial charge < -0.3 is 14.4 Å². The first-order valence-electron chi connectivity index (χ1n) is 8.69. The zero-order valence-electron chi connectivity index (χ0n) is 15.9. The molecular weight excluding hydrogens is 406 g/mol. The number of hydrogen-bond donors (Lipinski definition) is 0. The molecule has 1 atom stereocenters. The van der Waals surface area contributed by atoms with Gasteiger partial charge in [-0.2, -0.15) is 10.1 Å². The van der Waals surface area contributed by atoms with Crippen molar-refractivity contribution >= 4 is 29.2 Å². The Labute approximate surface area is 171 Å². The molecule has 0 saturated carbocycles. The van der Waals surface area contributed by atoms with Crippen LogP contribution in [0.2, 0.25) is 5.02 Å². The molecule has 29 heavy (non-hydrogen) atoms. The third kappa shape index (κ3) is 4.09. The standard InChI is InChI=1S/C19H19ClF2N4O3/c1-4-15-24-18-11(10-23-26(18)3)19(27)25(2)7-8-28-13-6-5-12(22)17(20)16(13)14(9-21)29-15/h4-6,10,14H,1,7-9H2,2-3H3/b24-15+. The van der Waals surface area contributed by atoms with Crippen LogP contribution in [0.15, 0.2) is 36.0 Å². The molecular formula is C19H19ClF2N4O3. The second-order valence-electron chi connectivity index (χ2n) is 6.27. The zero-order chi connectivity index (χ0) is 21.1. The summed E-state index contributed by atoms with van der Waals surface area (Å²) in [6, 6.07) is 2.46. The highest BCUT2D eigenvalue weighted by atomic mass is 35.5. The number of alkyl halides is 1. The fraction of sp³-hybridized carbons (Fsp3) is 0.316. The Balaban J connectivity index is 2.16. The number of nitrogens with zero attached hydrogens (tertiary/aromatic N) is 4. The average Bonchev–Trinajstić information content (AvgIpc) is 3.07. The van der Waals surface area contributed by atoms with E-state index in [-0.39, 0.29) is 52.7 Å². The summed E-state index contributed by atoms with van der Waals surface area (Å²) in [5.41, 5.74) is 0.248. The SMILES string of the molecule is C=C/C1=N\c2c(cnn2C)C(=O)N(C)CCOc2ccc(F)c(Cl)c2C(CF)O1. The molecule has 3 rings (SSSR count). The van der Waals surface area contributed by atoms with E-state index >= 15 is 0 Å². The number of aryl methyl sites for hydroxylation is 1. The molecule has 1 unspecified atom stereocenters. The van der Waals surface area contributed by atoms with Gasteiger partial charge in [-0.15, -0.1) is 0 Å². The number of carbonyl (C=O) groups is 1. The van der Waals surface area contributed by atoms with E-state index < -0.39 is 18.6 Å².